The summed E-state index contributed by atoms with van der Waals surface area (Å²) in [5.74, 6) is 1.63. The highest BCUT2D eigenvalue weighted by molar-refractivity contribution is 6.31. The zero-order valence-corrected chi connectivity index (χ0v) is 17.5. The molecule has 1 saturated heterocycles. The van der Waals surface area contributed by atoms with Gasteiger partial charge in [-0.15, -0.1) is 0 Å². The van der Waals surface area contributed by atoms with Crippen molar-refractivity contribution in [3.8, 4) is 11.5 Å². The van der Waals surface area contributed by atoms with Crippen LogP contribution in [0.5, 0.6) is 11.5 Å². The molecule has 0 unspecified atom stereocenters. The lowest BCUT2D eigenvalue weighted by molar-refractivity contribution is -0.123. The Morgan fingerprint density at radius 2 is 1.97 bits per heavy atom. The molecule has 2 atom stereocenters. The average molecular weight is 415 g/mol. The Hall–Kier alpha value is -2.24. The first kappa shape index (κ1) is 20.0. The number of ether oxygens (including phenoxy) is 2. The number of rotatable bonds is 5. The van der Waals surface area contributed by atoms with Gasteiger partial charge in [-0.05, 0) is 55.6 Å². The predicted molar refractivity (Wildman–Crippen MR) is 114 cm³/mol. The van der Waals surface area contributed by atoms with Crippen molar-refractivity contribution < 1.29 is 14.3 Å². The molecule has 2 heterocycles. The van der Waals surface area contributed by atoms with Crippen LogP contribution in [0.25, 0.3) is 0 Å². The van der Waals surface area contributed by atoms with Crippen LogP contribution in [0.3, 0.4) is 0 Å². The van der Waals surface area contributed by atoms with E-state index in [-0.39, 0.29) is 18.0 Å². The van der Waals surface area contributed by atoms with Gasteiger partial charge in [-0.25, -0.2) is 0 Å². The maximum absolute atomic E-state index is 12.7. The molecule has 2 aromatic rings. The van der Waals surface area contributed by atoms with E-state index < -0.39 is 0 Å². The van der Waals surface area contributed by atoms with Crippen molar-refractivity contribution in [2.24, 2.45) is 0 Å². The first-order valence-corrected chi connectivity index (χ1v) is 10.7. The van der Waals surface area contributed by atoms with Gasteiger partial charge in [0.15, 0.2) is 11.5 Å². The molecule has 0 spiro atoms. The minimum Gasteiger partial charge on any atom is -0.490 e. The quantitative estimate of drug-likeness (QED) is 0.781. The van der Waals surface area contributed by atoms with E-state index in [9.17, 15) is 4.79 Å². The molecular formula is C23H27ClN2O3. The van der Waals surface area contributed by atoms with E-state index in [1.807, 2.05) is 37.3 Å². The number of hydrogen-bond donors (Lipinski definition) is 1. The minimum absolute atomic E-state index is 0.0127. The number of halogens is 1. The van der Waals surface area contributed by atoms with E-state index in [0.717, 1.165) is 42.9 Å². The van der Waals surface area contributed by atoms with Crippen LogP contribution >= 0.6 is 11.6 Å². The first-order valence-electron chi connectivity index (χ1n) is 10.3. The summed E-state index contributed by atoms with van der Waals surface area (Å²) in [6.45, 7) is 4.60. The third-order valence-corrected chi connectivity index (χ3v) is 5.96. The van der Waals surface area contributed by atoms with E-state index >= 15 is 0 Å². The number of likely N-dealkylation sites (tertiary alicyclic amines) is 1. The molecule has 1 fully saturated rings. The molecule has 0 radical (unpaired) electrons. The maximum atomic E-state index is 12.7. The second-order valence-corrected chi connectivity index (χ2v) is 8.10. The van der Waals surface area contributed by atoms with Crippen LogP contribution in [0.2, 0.25) is 5.02 Å². The zero-order chi connectivity index (χ0) is 20.2. The van der Waals surface area contributed by atoms with Crippen LogP contribution < -0.4 is 14.8 Å². The lowest BCUT2D eigenvalue weighted by Crippen LogP contribution is -2.38. The molecule has 6 heteroatoms. The SMILES string of the molecule is C[C@H](NC(=O)CN1CCC[C@@H]1c1ccc2c(c1)OCCCO2)c1ccccc1Cl. The summed E-state index contributed by atoms with van der Waals surface area (Å²) in [5, 5.41) is 3.76. The summed E-state index contributed by atoms with van der Waals surface area (Å²) in [6, 6.07) is 13.9. The van der Waals surface area contributed by atoms with Crippen molar-refractivity contribution in [1.82, 2.24) is 10.2 Å². The Kier molecular flexibility index (Phi) is 6.26. The predicted octanol–water partition coefficient (Wildman–Crippen LogP) is 4.52. The Balaban J connectivity index is 1.41. The number of carbonyl (C=O) groups excluding carboxylic acids is 1. The van der Waals surface area contributed by atoms with Gasteiger partial charge in [-0.2, -0.15) is 0 Å². The lowest BCUT2D eigenvalue weighted by atomic mass is 10.0. The van der Waals surface area contributed by atoms with Crippen LogP contribution in [0, 0.1) is 0 Å². The molecule has 5 nitrogen and oxygen atoms in total. The van der Waals surface area contributed by atoms with Crippen LogP contribution in [0.15, 0.2) is 42.5 Å². The third-order valence-electron chi connectivity index (χ3n) is 5.62. The van der Waals surface area contributed by atoms with Gasteiger partial charge < -0.3 is 14.8 Å². The fourth-order valence-corrected chi connectivity index (χ4v) is 4.46. The fraction of sp³-hybridized carbons (Fsp3) is 0.435. The zero-order valence-electron chi connectivity index (χ0n) is 16.7. The van der Waals surface area contributed by atoms with E-state index in [1.165, 1.54) is 5.56 Å². The summed E-state index contributed by atoms with van der Waals surface area (Å²) < 4.78 is 11.6. The Morgan fingerprint density at radius 3 is 2.79 bits per heavy atom. The largest absolute Gasteiger partial charge is 0.490 e. The summed E-state index contributed by atoms with van der Waals surface area (Å²) in [6.07, 6.45) is 3.00. The molecule has 154 valence electrons. The van der Waals surface area contributed by atoms with Crippen molar-refractivity contribution >= 4 is 17.5 Å². The number of benzene rings is 2. The molecule has 2 aliphatic heterocycles. The highest BCUT2D eigenvalue weighted by atomic mass is 35.5. The Labute approximate surface area is 176 Å². The van der Waals surface area contributed by atoms with Gasteiger partial charge in [-0.1, -0.05) is 35.9 Å². The standard InChI is InChI=1S/C23H27ClN2O3/c1-16(18-6-2-3-7-19(18)24)25-23(27)15-26-11-4-8-20(26)17-9-10-21-22(14-17)29-13-5-12-28-21/h2-3,6-7,9-10,14,16,20H,4-5,8,11-13,15H2,1H3,(H,25,27)/t16-,20+/m0/s1. The third kappa shape index (κ3) is 4.68. The van der Waals surface area contributed by atoms with Crippen LogP contribution in [-0.2, 0) is 4.79 Å². The summed E-state index contributed by atoms with van der Waals surface area (Å²) >= 11 is 6.26. The fourth-order valence-electron chi connectivity index (χ4n) is 4.16. The maximum Gasteiger partial charge on any atom is 0.234 e. The van der Waals surface area contributed by atoms with Crippen molar-refractivity contribution in [3.05, 3.63) is 58.6 Å². The summed E-state index contributed by atoms with van der Waals surface area (Å²) in [7, 11) is 0. The molecule has 1 N–H and O–H groups in total. The molecule has 4 rings (SSSR count). The molecule has 2 aliphatic rings. The van der Waals surface area contributed by atoms with Gasteiger partial charge in [0.1, 0.15) is 0 Å². The molecule has 0 aliphatic carbocycles. The van der Waals surface area contributed by atoms with Gasteiger partial charge in [0, 0.05) is 17.5 Å². The molecule has 2 aromatic carbocycles. The van der Waals surface area contributed by atoms with Crippen LogP contribution in [0.1, 0.15) is 49.4 Å². The molecule has 0 aromatic heterocycles. The van der Waals surface area contributed by atoms with Crippen molar-refractivity contribution in [1.29, 1.82) is 0 Å². The number of carbonyl (C=O) groups is 1. The van der Waals surface area contributed by atoms with Crippen molar-refractivity contribution in [2.75, 3.05) is 26.3 Å². The summed E-state index contributed by atoms with van der Waals surface area (Å²) in [4.78, 5) is 15.0. The van der Waals surface area contributed by atoms with E-state index in [1.54, 1.807) is 0 Å². The monoisotopic (exact) mass is 414 g/mol. The molecule has 0 saturated carbocycles. The number of hydrogen-bond acceptors (Lipinski definition) is 4. The van der Waals surface area contributed by atoms with Gasteiger partial charge >= 0.3 is 0 Å². The average Bonchev–Trinajstić information content (AvgIpc) is 3.03. The molecule has 29 heavy (non-hydrogen) atoms. The lowest BCUT2D eigenvalue weighted by Gasteiger charge is -2.26. The second kappa shape index (κ2) is 9.06. The highest BCUT2D eigenvalue weighted by Gasteiger charge is 2.29. The Morgan fingerprint density at radius 1 is 1.17 bits per heavy atom. The number of fused-ring (bicyclic) bond motifs is 1. The van der Waals surface area contributed by atoms with Gasteiger partial charge in [0.25, 0.3) is 0 Å². The number of amides is 1. The van der Waals surface area contributed by atoms with Crippen LogP contribution in [-0.4, -0.2) is 37.1 Å². The molecular weight excluding hydrogens is 388 g/mol. The van der Waals surface area contributed by atoms with E-state index in [0.29, 0.717) is 24.8 Å². The van der Waals surface area contributed by atoms with E-state index in [4.69, 9.17) is 21.1 Å². The van der Waals surface area contributed by atoms with Gasteiger partial charge in [-0.3, -0.25) is 9.69 Å². The van der Waals surface area contributed by atoms with E-state index in [2.05, 4.69) is 22.3 Å². The van der Waals surface area contributed by atoms with Crippen molar-refractivity contribution in [3.63, 3.8) is 0 Å². The first-order chi connectivity index (χ1) is 14.1. The van der Waals surface area contributed by atoms with Crippen LogP contribution in [0.4, 0.5) is 0 Å². The topological polar surface area (TPSA) is 50.8 Å². The second-order valence-electron chi connectivity index (χ2n) is 7.70. The minimum atomic E-state index is -0.129. The normalized spacial score (nSPS) is 20.1. The van der Waals surface area contributed by atoms with Gasteiger partial charge in [0.2, 0.25) is 5.91 Å². The number of nitrogens with zero attached hydrogens (tertiary/aromatic N) is 1. The smallest absolute Gasteiger partial charge is 0.234 e. The van der Waals surface area contributed by atoms with Gasteiger partial charge in [0.05, 0.1) is 25.8 Å². The number of nitrogens with one attached hydrogen (secondary N) is 1. The highest BCUT2D eigenvalue weighted by Crippen LogP contribution is 2.37. The summed E-state index contributed by atoms with van der Waals surface area (Å²) in [5.41, 5.74) is 2.11. The van der Waals surface area contributed by atoms with Crippen molar-refractivity contribution in [2.45, 2.75) is 38.3 Å². The Bertz CT molecular complexity index is 873. The molecule has 1 amide bonds. The molecule has 0 bridgehead atoms.